The summed E-state index contributed by atoms with van der Waals surface area (Å²) in [7, 11) is 1.14. The van der Waals surface area contributed by atoms with Gasteiger partial charge in [0.1, 0.15) is 10.6 Å². The van der Waals surface area contributed by atoms with Gasteiger partial charge in [-0.05, 0) is 19.1 Å². The molecule has 138 valence electrons. The first kappa shape index (κ1) is 19.5. The van der Waals surface area contributed by atoms with E-state index in [0.29, 0.717) is 6.07 Å². The lowest BCUT2D eigenvalue weighted by atomic mass is 10.2. The summed E-state index contributed by atoms with van der Waals surface area (Å²) in [6, 6.07) is 1.53. The quantitative estimate of drug-likeness (QED) is 0.352. The zero-order valence-electron chi connectivity index (χ0n) is 13.5. The zero-order chi connectivity index (χ0) is 19.4. The number of H-pyrrole nitrogens is 1. The maximum Gasteiger partial charge on any atom is 0.346 e. The lowest BCUT2D eigenvalue weighted by molar-refractivity contribution is -0.113. The number of aryl methyl sites for hydroxylation is 1. The van der Waals surface area contributed by atoms with Crippen LogP contribution in [0.25, 0.3) is 0 Å². The number of hydrogen-bond donors (Lipinski definition) is 2. The molecule has 0 saturated heterocycles. The van der Waals surface area contributed by atoms with E-state index in [2.05, 4.69) is 20.0 Å². The molecule has 1 heterocycles. The van der Waals surface area contributed by atoms with Gasteiger partial charge < -0.3 is 15.0 Å². The van der Waals surface area contributed by atoms with E-state index in [0.717, 1.165) is 24.9 Å². The van der Waals surface area contributed by atoms with Gasteiger partial charge in [-0.25, -0.2) is 22.8 Å². The van der Waals surface area contributed by atoms with Crippen molar-refractivity contribution in [1.82, 2.24) is 9.97 Å². The molecule has 0 aliphatic heterocycles. The molecular formula is C15H12F3N3O4S. The van der Waals surface area contributed by atoms with Crippen molar-refractivity contribution >= 4 is 29.3 Å². The van der Waals surface area contributed by atoms with E-state index in [1.165, 1.54) is 6.92 Å². The first-order valence-corrected chi connectivity index (χ1v) is 7.98. The van der Waals surface area contributed by atoms with Crippen LogP contribution in [0, 0.1) is 24.4 Å². The average Bonchev–Trinajstić information content (AvgIpc) is 2.59. The number of nitrogens with one attached hydrogen (secondary N) is 2. The van der Waals surface area contributed by atoms with Crippen molar-refractivity contribution in [3.8, 4) is 0 Å². The SMILES string of the molecule is COC(=O)c1c(SCC(=O)Nc2ccc(F)c(F)c2F)nc(=O)[nH]c1C. The normalized spacial score (nSPS) is 10.5. The van der Waals surface area contributed by atoms with Gasteiger partial charge in [0.2, 0.25) is 5.91 Å². The third-order valence-corrected chi connectivity index (χ3v) is 4.10. The number of methoxy groups -OCH3 is 1. The molecule has 0 bridgehead atoms. The third-order valence-electron chi connectivity index (χ3n) is 3.13. The second-order valence-corrected chi connectivity index (χ2v) is 5.86. The number of nitrogens with zero attached hydrogens (tertiary/aromatic N) is 1. The fourth-order valence-electron chi connectivity index (χ4n) is 1.95. The second kappa shape index (κ2) is 8.04. The monoisotopic (exact) mass is 387 g/mol. The maximum absolute atomic E-state index is 13.6. The molecule has 0 radical (unpaired) electrons. The van der Waals surface area contributed by atoms with Crippen LogP contribution in [-0.4, -0.2) is 34.7 Å². The van der Waals surface area contributed by atoms with Crippen molar-refractivity contribution in [1.29, 1.82) is 0 Å². The highest BCUT2D eigenvalue weighted by molar-refractivity contribution is 8.00. The number of esters is 1. The molecule has 0 atom stereocenters. The van der Waals surface area contributed by atoms with Gasteiger partial charge in [0.15, 0.2) is 17.5 Å². The number of rotatable bonds is 5. The first-order valence-electron chi connectivity index (χ1n) is 7.00. The number of ether oxygens (including phenoxy) is 1. The minimum atomic E-state index is -1.71. The summed E-state index contributed by atoms with van der Waals surface area (Å²) in [6.45, 7) is 1.45. The van der Waals surface area contributed by atoms with Crippen LogP contribution in [0.1, 0.15) is 16.1 Å². The standard InChI is InChI=1S/C15H12F3N3O4S/c1-6-10(14(23)25-2)13(21-15(24)19-6)26-5-9(22)20-8-4-3-7(16)11(17)12(8)18/h3-4H,5H2,1-2H3,(H,20,22)(H,19,21,24). The molecule has 2 aromatic rings. The highest BCUT2D eigenvalue weighted by Crippen LogP contribution is 2.23. The largest absolute Gasteiger partial charge is 0.465 e. The molecule has 0 aliphatic carbocycles. The van der Waals surface area contributed by atoms with Crippen LogP contribution in [-0.2, 0) is 9.53 Å². The predicted molar refractivity (Wildman–Crippen MR) is 86.6 cm³/mol. The molecular weight excluding hydrogens is 375 g/mol. The van der Waals surface area contributed by atoms with Gasteiger partial charge in [0.25, 0.3) is 0 Å². The Hall–Kier alpha value is -2.82. The Bertz CT molecular complexity index is 933. The molecule has 1 aromatic heterocycles. The summed E-state index contributed by atoms with van der Waals surface area (Å²) in [5, 5.41) is 2.01. The van der Waals surface area contributed by atoms with Gasteiger partial charge in [-0.15, -0.1) is 0 Å². The van der Waals surface area contributed by atoms with Crippen LogP contribution >= 0.6 is 11.8 Å². The van der Waals surface area contributed by atoms with E-state index in [4.69, 9.17) is 0 Å². The van der Waals surface area contributed by atoms with Gasteiger partial charge in [0.05, 0.1) is 18.6 Å². The van der Waals surface area contributed by atoms with Gasteiger partial charge in [-0.2, -0.15) is 4.98 Å². The Kier molecular flexibility index (Phi) is 6.03. The van der Waals surface area contributed by atoms with Crippen LogP contribution in [0.15, 0.2) is 22.0 Å². The molecule has 0 spiro atoms. The minimum absolute atomic E-state index is 0.0242. The van der Waals surface area contributed by atoms with E-state index in [1.54, 1.807) is 0 Å². The smallest absolute Gasteiger partial charge is 0.346 e. The topological polar surface area (TPSA) is 101 Å². The van der Waals surface area contributed by atoms with E-state index < -0.39 is 40.7 Å². The van der Waals surface area contributed by atoms with Crippen molar-refractivity contribution < 1.29 is 27.5 Å². The van der Waals surface area contributed by atoms with Crippen LogP contribution in [0.3, 0.4) is 0 Å². The average molecular weight is 387 g/mol. The van der Waals surface area contributed by atoms with Crippen molar-refractivity contribution in [2.75, 3.05) is 18.2 Å². The molecule has 7 nitrogen and oxygen atoms in total. The summed E-state index contributed by atoms with van der Waals surface area (Å²) in [5.41, 5.74) is -1.10. The molecule has 0 saturated carbocycles. The van der Waals surface area contributed by atoms with Crippen molar-refractivity contribution in [2.24, 2.45) is 0 Å². The van der Waals surface area contributed by atoms with E-state index in [-0.39, 0.29) is 22.0 Å². The molecule has 0 unspecified atom stereocenters. The van der Waals surface area contributed by atoms with Crippen molar-refractivity contribution in [3.05, 3.63) is 51.3 Å². The highest BCUT2D eigenvalue weighted by atomic mass is 32.2. The van der Waals surface area contributed by atoms with Gasteiger partial charge in [0, 0.05) is 5.69 Å². The number of benzene rings is 1. The number of aromatic amines is 1. The molecule has 2 rings (SSSR count). The zero-order valence-corrected chi connectivity index (χ0v) is 14.3. The number of anilines is 1. The fraction of sp³-hybridized carbons (Fsp3) is 0.200. The lowest BCUT2D eigenvalue weighted by Crippen LogP contribution is -2.20. The summed E-state index contributed by atoms with van der Waals surface area (Å²) in [5.74, 6) is -6.56. The van der Waals surface area contributed by atoms with Crippen LogP contribution < -0.4 is 11.0 Å². The third kappa shape index (κ3) is 4.23. The summed E-state index contributed by atoms with van der Waals surface area (Å²) >= 11 is 0.725. The van der Waals surface area contributed by atoms with Crippen LogP contribution in [0.2, 0.25) is 0 Å². The van der Waals surface area contributed by atoms with Crippen LogP contribution in [0.5, 0.6) is 0 Å². The maximum atomic E-state index is 13.6. The summed E-state index contributed by atoms with van der Waals surface area (Å²) in [6.07, 6.45) is 0. The number of hydrogen-bond acceptors (Lipinski definition) is 6. The molecule has 1 aromatic carbocycles. The number of thioether (sulfide) groups is 1. The summed E-state index contributed by atoms with van der Waals surface area (Å²) < 4.78 is 44.2. The Morgan fingerprint density at radius 1 is 1.27 bits per heavy atom. The Morgan fingerprint density at radius 3 is 2.62 bits per heavy atom. The van der Waals surface area contributed by atoms with E-state index in [1.807, 2.05) is 0 Å². The minimum Gasteiger partial charge on any atom is -0.465 e. The Labute approximate surface area is 149 Å². The predicted octanol–water partition coefficient (Wildman–Crippen LogP) is 2.01. The number of halogens is 3. The lowest BCUT2D eigenvalue weighted by Gasteiger charge is -2.10. The molecule has 0 aliphatic rings. The number of carbonyl (C=O) groups is 2. The Morgan fingerprint density at radius 2 is 1.96 bits per heavy atom. The van der Waals surface area contributed by atoms with E-state index >= 15 is 0 Å². The van der Waals surface area contributed by atoms with Gasteiger partial charge in [-0.3, -0.25) is 4.79 Å². The van der Waals surface area contributed by atoms with Gasteiger partial charge >= 0.3 is 11.7 Å². The Balaban J connectivity index is 2.17. The van der Waals surface area contributed by atoms with Gasteiger partial charge in [-0.1, -0.05) is 11.8 Å². The molecule has 2 N–H and O–H groups in total. The number of aromatic nitrogens is 2. The van der Waals surface area contributed by atoms with Crippen molar-refractivity contribution in [2.45, 2.75) is 11.9 Å². The van der Waals surface area contributed by atoms with E-state index in [9.17, 15) is 27.6 Å². The van der Waals surface area contributed by atoms with Crippen LogP contribution in [0.4, 0.5) is 18.9 Å². The fourth-order valence-corrected chi connectivity index (χ4v) is 2.82. The molecule has 0 fully saturated rings. The number of carbonyl (C=O) groups excluding carboxylic acids is 2. The number of amides is 1. The molecule has 26 heavy (non-hydrogen) atoms. The highest BCUT2D eigenvalue weighted by Gasteiger charge is 2.20. The molecule has 11 heteroatoms. The molecule has 1 amide bonds. The first-order chi connectivity index (χ1) is 12.2. The van der Waals surface area contributed by atoms with Crippen molar-refractivity contribution in [3.63, 3.8) is 0 Å². The summed E-state index contributed by atoms with van der Waals surface area (Å²) in [4.78, 5) is 41.1. The second-order valence-electron chi connectivity index (χ2n) is 4.90.